The van der Waals surface area contributed by atoms with Crippen LogP contribution >= 0.6 is 15.9 Å². The van der Waals surface area contributed by atoms with Crippen LogP contribution in [0.15, 0.2) is 16.7 Å². The Bertz CT molecular complexity index is 343. The molecule has 0 radical (unpaired) electrons. The predicted molar refractivity (Wildman–Crippen MR) is 45.9 cm³/mol. The normalized spacial score (nSPS) is 8.92. The van der Waals surface area contributed by atoms with Crippen molar-refractivity contribution in [1.29, 1.82) is 0 Å². The quantitative estimate of drug-likeness (QED) is 0.682. The van der Waals surface area contributed by atoms with Crippen molar-refractivity contribution in [2.75, 3.05) is 6.61 Å². The van der Waals surface area contributed by atoms with Crippen LogP contribution < -0.4 is 0 Å². The number of halogens is 2. The van der Waals surface area contributed by atoms with Crippen molar-refractivity contribution in [3.63, 3.8) is 0 Å². The Morgan fingerprint density at radius 2 is 2.42 bits per heavy atom. The monoisotopic (exact) mass is 229 g/mol. The average Bonchev–Trinajstić information content (AvgIpc) is 2.03. The van der Waals surface area contributed by atoms with E-state index in [0.29, 0.717) is 4.47 Å². The van der Waals surface area contributed by atoms with Crippen molar-refractivity contribution in [3.8, 4) is 11.8 Å². The van der Waals surface area contributed by atoms with Gasteiger partial charge in [-0.3, -0.25) is 0 Å². The number of aromatic nitrogens is 1. The molecular weight excluding hydrogens is 225 g/mol. The lowest BCUT2D eigenvalue weighted by Crippen LogP contribution is -1.88. The Morgan fingerprint density at radius 3 is 3.00 bits per heavy atom. The van der Waals surface area contributed by atoms with Crippen molar-refractivity contribution in [1.82, 2.24) is 4.98 Å². The van der Waals surface area contributed by atoms with Gasteiger partial charge in [-0.15, -0.1) is 0 Å². The second kappa shape index (κ2) is 4.19. The average molecular weight is 230 g/mol. The van der Waals surface area contributed by atoms with Gasteiger partial charge in [0.25, 0.3) is 0 Å². The molecule has 12 heavy (non-hydrogen) atoms. The maximum atomic E-state index is 12.9. The first-order valence-corrected chi connectivity index (χ1v) is 3.94. The highest BCUT2D eigenvalue weighted by molar-refractivity contribution is 9.10. The molecule has 2 nitrogen and oxygen atoms in total. The molecule has 0 bridgehead atoms. The lowest BCUT2D eigenvalue weighted by Gasteiger charge is -1.92. The Labute approximate surface area is 77.6 Å². The van der Waals surface area contributed by atoms with Crippen LogP contribution in [0.1, 0.15) is 5.69 Å². The molecule has 1 aromatic rings. The van der Waals surface area contributed by atoms with E-state index in [9.17, 15) is 4.39 Å². The molecule has 0 aliphatic carbocycles. The van der Waals surface area contributed by atoms with Gasteiger partial charge < -0.3 is 5.11 Å². The van der Waals surface area contributed by atoms with Crippen LogP contribution in [0.3, 0.4) is 0 Å². The topological polar surface area (TPSA) is 33.1 Å². The number of rotatable bonds is 0. The maximum Gasteiger partial charge on any atom is 0.158 e. The first kappa shape index (κ1) is 9.17. The fourth-order valence-corrected chi connectivity index (χ4v) is 0.933. The summed E-state index contributed by atoms with van der Waals surface area (Å²) >= 11 is 3.06. The van der Waals surface area contributed by atoms with E-state index in [0.717, 1.165) is 0 Å². The standard InChI is InChI=1S/C8H5BrFNO/c9-6-4-7(10)8(11-5-6)2-1-3-12/h4-5,12H,3H2. The van der Waals surface area contributed by atoms with E-state index in [1.165, 1.54) is 12.3 Å². The molecule has 0 atom stereocenters. The predicted octanol–water partition coefficient (Wildman–Crippen LogP) is 1.33. The summed E-state index contributed by atoms with van der Waals surface area (Å²) in [7, 11) is 0. The second-order valence-electron chi connectivity index (χ2n) is 1.94. The Kier molecular flexibility index (Phi) is 3.20. The third-order valence-corrected chi connectivity index (χ3v) is 1.53. The van der Waals surface area contributed by atoms with E-state index < -0.39 is 5.82 Å². The van der Waals surface area contributed by atoms with Gasteiger partial charge >= 0.3 is 0 Å². The van der Waals surface area contributed by atoms with Gasteiger partial charge in [0.15, 0.2) is 5.82 Å². The molecule has 0 aliphatic heterocycles. The lowest BCUT2D eigenvalue weighted by molar-refractivity contribution is 0.350. The number of hydrogen-bond donors (Lipinski definition) is 1. The molecule has 62 valence electrons. The Morgan fingerprint density at radius 1 is 1.67 bits per heavy atom. The third kappa shape index (κ3) is 2.29. The van der Waals surface area contributed by atoms with Gasteiger partial charge in [0.05, 0.1) is 0 Å². The summed E-state index contributed by atoms with van der Waals surface area (Å²) in [5, 5.41) is 8.34. The fourth-order valence-electron chi connectivity index (χ4n) is 0.630. The number of aliphatic hydroxyl groups is 1. The van der Waals surface area contributed by atoms with Crippen molar-refractivity contribution >= 4 is 15.9 Å². The molecule has 0 saturated carbocycles. The van der Waals surface area contributed by atoms with Crippen LogP contribution in [0.4, 0.5) is 4.39 Å². The van der Waals surface area contributed by atoms with Gasteiger partial charge in [-0.05, 0) is 27.9 Å². The van der Waals surface area contributed by atoms with E-state index in [1.54, 1.807) is 0 Å². The van der Waals surface area contributed by atoms with Gasteiger partial charge in [0.2, 0.25) is 0 Å². The molecule has 1 rings (SSSR count). The van der Waals surface area contributed by atoms with E-state index in [-0.39, 0.29) is 12.3 Å². The number of nitrogens with zero attached hydrogens (tertiary/aromatic N) is 1. The van der Waals surface area contributed by atoms with E-state index in [1.807, 2.05) is 0 Å². The Balaban J connectivity index is 3.01. The summed E-state index contributed by atoms with van der Waals surface area (Å²) in [5.41, 5.74) is 0.0484. The van der Waals surface area contributed by atoms with Gasteiger partial charge in [-0.2, -0.15) is 0 Å². The highest BCUT2D eigenvalue weighted by Crippen LogP contribution is 2.11. The van der Waals surface area contributed by atoms with Crippen LogP contribution in [0.5, 0.6) is 0 Å². The Hall–Kier alpha value is -0.920. The number of aliphatic hydroxyl groups excluding tert-OH is 1. The highest BCUT2D eigenvalue weighted by atomic mass is 79.9. The van der Waals surface area contributed by atoms with Gasteiger partial charge in [0.1, 0.15) is 12.3 Å². The van der Waals surface area contributed by atoms with Crippen LogP contribution in [-0.4, -0.2) is 16.7 Å². The smallest absolute Gasteiger partial charge is 0.158 e. The van der Waals surface area contributed by atoms with Crippen molar-refractivity contribution < 1.29 is 9.50 Å². The minimum Gasteiger partial charge on any atom is -0.384 e. The zero-order valence-electron chi connectivity index (χ0n) is 6.01. The van der Waals surface area contributed by atoms with E-state index in [2.05, 4.69) is 32.8 Å². The largest absolute Gasteiger partial charge is 0.384 e. The summed E-state index contributed by atoms with van der Waals surface area (Å²) in [6.45, 7) is -0.294. The molecule has 0 aliphatic rings. The summed E-state index contributed by atoms with van der Waals surface area (Å²) in [4.78, 5) is 3.71. The minimum atomic E-state index is -0.495. The summed E-state index contributed by atoms with van der Waals surface area (Å²) in [6.07, 6.45) is 1.45. The van der Waals surface area contributed by atoms with Crippen LogP contribution in [-0.2, 0) is 0 Å². The number of pyridine rings is 1. The number of hydrogen-bond acceptors (Lipinski definition) is 2. The second-order valence-corrected chi connectivity index (χ2v) is 2.86. The fraction of sp³-hybridized carbons (Fsp3) is 0.125. The van der Waals surface area contributed by atoms with Crippen molar-refractivity contribution in [2.24, 2.45) is 0 Å². The van der Waals surface area contributed by atoms with Gasteiger partial charge in [0, 0.05) is 10.7 Å². The third-order valence-electron chi connectivity index (χ3n) is 1.09. The van der Waals surface area contributed by atoms with Crippen molar-refractivity contribution in [3.05, 3.63) is 28.2 Å². The first-order chi connectivity index (χ1) is 5.74. The molecular formula is C8H5BrFNO. The molecule has 0 amide bonds. The molecule has 0 fully saturated rings. The first-order valence-electron chi connectivity index (χ1n) is 3.15. The molecule has 0 unspecified atom stereocenters. The summed E-state index contributed by atoms with van der Waals surface area (Å²) < 4.78 is 13.5. The summed E-state index contributed by atoms with van der Waals surface area (Å²) in [5.74, 6) is 4.20. The molecule has 1 N–H and O–H groups in total. The highest BCUT2D eigenvalue weighted by Gasteiger charge is 1.99. The van der Waals surface area contributed by atoms with E-state index >= 15 is 0 Å². The van der Waals surface area contributed by atoms with Crippen LogP contribution in [0.25, 0.3) is 0 Å². The van der Waals surface area contributed by atoms with Gasteiger partial charge in [-0.25, -0.2) is 9.37 Å². The zero-order chi connectivity index (χ0) is 8.97. The molecule has 0 spiro atoms. The van der Waals surface area contributed by atoms with Crippen LogP contribution in [0, 0.1) is 17.7 Å². The summed E-state index contributed by atoms with van der Waals surface area (Å²) in [6, 6.07) is 1.27. The minimum absolute atomic E-state index is 0.0484. The molecule has 4 heteroatoms. The molecule has 0 saturated heterocycles. The molecule has 1 aromatic heterocycles. The van der Waals surface area contributed by atoms with E-state index in [4.69, 9.17) is 5.11 Å². The van der Waals surface area contributed by atoms with Crippen LogP contribution in [0.2, 0.25) is 0 Å². The van der Waals surface area contributed by atoms with Gasteiger partial charge in [-0.1, -0.05) is 5.92 Å². The maximum absolute atomic E-state index is 12.9. The van der Waals surface area contributed by atoms with Crippen molar-refractivity contribution in [2.45, 2.75) is 0 Å². The lowest BCUT2D eigenvalue weighted by atomic mass is 10.3. The molecule has 1 heterocycles. The SMILES string of the molecule is OCC#Cc1ncc(Br)cc1F. The zero-order valence-corrected chi connectivity index (χ0v) is 7.60. The molecule has 0 aromatic carbocycles.